The molecule has 8 nitrogen and oxygen atoms in total. The molecule has 0 saturated heterocycles. The third-order valence-corrected chi connectivity index (χ3v) is 6.63. The molecule has 2 heterocycles. The highest BCUT2D eigenvalue weighted by molar-refractivity contribution is 7.89. The largest absolute Gasteiger partial charge is 0.486 e. The van der Waals surface area contributed by atoms with E-state index in [1.54, 1.807) is 20.9 Å². The second kappa shape index (κ2) is 8.24. The molecule has 28 heavy (non-hydrogen) atoms. The Kier molecular flexibility index (Phi) is 5.95. The van der Waals surface area contributed by atoms with Gasteiger partial charge >= 0.3 is 0 Å². The maximum Gasteiger partial charge on any atom is 0.268 e. The van der Waals surface area contributed by atoms with Crippen LogP contribution in [-0.4, -0.2) is 55.5 Å². The summed E-state index contributed by atoms with van der Waals surface area (Å²) in [4.78, 5) is 12.7. The van der Waals surface area contributed by atoms with Crippen molar-refractivity contribution >= 4 is 15.9 Å². The lowest BCUT2D eigenvalue weighted by molar-refractivity contribution is 0.0784. The van der Waals surface area contributed by atoms with Crippen molar-refractivity contribution in [2.45, 2.75) is 24.8 Å². The molecule has 0 aliphatic carbocycles. The molecule has 1 aromatic carbocycles. The first kappa shape index (κ1) is 20.2. The topological polar surface area (TPSA) is 89.9 Å². The molecule has 1 atom stereocenters. The van der Waals surface area contributed by atoms with E-state index in [-0.39, 0.29) is 29.1 Å². The first-order valence-corrected chi connectivity index (χ1v) is 10.6. The van der Waals surface area contributed by atoms with Gasteiger partial charge in [-0.1, -0.05) is 26.0 Å². The van der Waals surface area contributed by atoms with Gasteiger partial charge in [-0.2, -0.15) is 4.31 Å². The third-order valence-electron chi connectivity index (χ3n) is 4.61. The monoisotopic (exact) mass is 407 g/mol. The van der Waals surface area contributed by atoms with Crippen LogP contribution in [-0.2, 0) is 17.1 Å². The molecule has 9 heteroatoms. The van der Waals surface area contributed by atoms with Crippen molar-refractivity contribution in [1.29, 1.82) is 0 Å². The van der Waals surface area contributed by atoms with Crippen LogP contribution < -0.4 is 14.8 Å². The molecule has 2 aromatic rings. The lowest BCUT2D eigenvalue weighted by Crippen LogP contribution is -2.41. The molecule has 1 unspecified atom stereocenters. The van der Waals surface area contributed by atoms with Crippen LogP contribution in [0, 0.1) is 0 Å². The Hall–Kier alpha value is -2.52. The molecule has 3 rings (SSSR count). The van der Waals surface area contributed by atoms with E-state index in [0.29, 0.717) is 31.2 Å². The van der Waals surface area contributed by atoms with Gasteiger partial charge in [0.25, 0.3) is 5.91 Å². The van der Waals surface area contributed by atoms with Gasteiger partial charge in [0.05, 0.1) is 6.54 Å². The van der Waals surface area contributed by atoms with Crippen molar-refractivity contribution in [2.24, 2.45) is 7.05 Å². The Morgan fingerprint density at radius 3 is 2.61 bits per heavy atom. The molecule has 0 radical (unpaired) electrons. The van der Waals surface area contributed by atoms with Crippen molar-refractivity contribution in [3.05, 3.63) is 42.2 Å². The number of nitrogens with zero attached hydrogens (tertiary/aromatic N) is 2. The average molecular weight is 407 g/mol. The van der Waals surface area contributed by atoms with Crippen molar-refractivity contribution in [3.63, 3.8) is 0 Å². The molecule has 1 N–H and O–H groups in total. The van der Waals surface area contributed by atoms with E-state index >= 15 is 0 Å². The molecule has 1 amide bonds. The number of carbonyl (C=O) groups excluding carboxylic acids is 1. The summed E-state index contributed by atoms with van der Waals surface area (Å²) < 4.78 is 39.6. The molecule has 152 valence electrons. The number of benzene rings is 1. The summed E-state index contributed by atoms with van der Waals surface area (Å²) in [6.07, 6.45) is 1.14. The van der Waals surface area contributed by atoms with Crippen molar-refractivity contribution in [2.75, 3.05) is 26.2 Å². The Morgan fingerprint density at radius 2 is 1.93 bits per heavy atom. The number of aryl methyl sites for hydroxylation is 1. The predicted octanol–water partition coefficient (Wildman–Crippen LogP) is 1.63. The maximum atomic E-state index is 12.6. The Morgan fingerprint density at radius 1 is 1.25 bits per heavy atom. The number of aromatic nitrogens is 1. The van der Waals surface area contributed by atoms with Crippen molar-refractivity contribution in [3.8, 4) is 11.5 Å². The molecule has 1 aromatic heterocycles. The van der Waals surface area contributed by atoms with E-state index in [9.17, 15) is 13.2 Å². The summed E-state index contributed by atoms with van der Waals surface area (Å²) >= 11 is 0. The highest BCUT2D eigenvalue weighted by atomic mass is 32.2. The van der Waals surface area contributed by atoms with Gasteiger partial charge in [0, 0.05) is 26.3 Å². The van der Waals surface area contributed by atoms with Gasteiger partial charge < -0.3 is 19.4 Å². The molecule has 0 spiro atoms. The van der Waals surface area contributed by atoms with E-state index in [4.69, 9.17) is 9.47 Å². The minimum absolute atomic E-state index is 0.107. The third kappa shape index (κ3) is 4.00. The highest BCUT2D eigenvalue weighted by Gasteiger charge is 2.26. The number of ether oxygens (including phenoxy) is 2. The smallest absolute Gasteiger partial charge is 0.268 e. The second-order valence-corrected chi connectivity index (χ2v) is 8.41. The summed E-state index contributed by atoms with van der Waals surface area (Å²) in [7, 11) is -1.97. The number of hydrogen-bond donors (Lipinski definition) is 1. The van der Waals surface area contributed by atoms with Crippen LogP contribution in [0.15, 0.2) is 41.4 Å². The number of carbonyl (C=O) groups is 1. The first-order chi connectivity index (χ1) is 13.4. The van der Waals surface area contributed by atoms with Crippen LogP contribution >= 0.6 is 0 Å². The van der Waals surface area contributed by atoms with Crippen LogP contribution in [0.5, 0.6) is 11.5 Å². The minimum Gasteiger partial charge on any atom is -0.486 e. The van der Waals surface area contributed by atoms with Gasteiger partial charge in [-0.3, -0.25) is 4.79 Å². The molecular weight excluding hydrogens is 382 g/mol. The van der Waals surface area contributed by atoms with Crippen LogP contribution in [0.3, 0.4) is 0 Å². The van der Waals surface area contributed by atoms with E-state index in [1.807, 2.05) is 24.3 Å². The van der Waals surface area contributed by atoms with E-state index in [1.165, 1.54) is 21.1 Å². The number of nitrogens with one attached hydrogen (secondary N) is 1. The van der Waals surface area contributed by atoms with Gasteiger partial charge in [-0.15, -0.1) is 0 Å². The number of rotatable bonds is 7. The van der Waals surface area contributed by atoms with Crippen LogP contribution in [0.2, 0.25) is 0 Å². The Labute approximate surface area is 165 Å². The number of fused-ring (bicyclic) bond motifs is 1. The zero-order valence-corrected chi connectivity index (χ0v) is 17.0. The summed E-state index contributed by atoms with van der Waals surface area (Å²) in [5.41, 5.74) is 0.267. The zero-order chi connectivity index (χ0) is 20.3. The molecule has 1 aliphatic heterocycles. The summed E-state index contributed by atoms with van der Waals surface area (Å²) in [6.45, 7) is 4.87. The van der Waals surface area contributed by atoms with Gasteiger partial charge in [0.15, 0.2) is 11.5 Å². The van der Waals surface area contributed by atoms with Crippen LogP contribution in [0.25, 0.3) is 0 Å². The van der Waals surface area contributed by atoms with Crippen molar-refractivity contribution in [1.82, 2.24) is 14.2 Å². The Balaban J connectivity index is 1.66. The van der Waals surface area contributed by atoms with E-state index in [2.05, 4.69) is 5.32 Å². The van der Waals surface area contributed by atoms with E-state index < -0.39 is 10.0 Å². The number of para-hydroxylation sites is 2. The van der Waals surface area contributed by atoms with Gasteiger partial charge in [-0.05, 0) is 18.2 Å². The number of sulfonamides is 1. The maximum absolute atomic E-state index is 12.6. The fourth-order valence-corrected chi connectivity index (χ4v) is 4.60. The Bertz CT molecular complexity index is 950. The quantitative estimate of drug-likeness (QED) is 0.753. The lowest BCUT2D eigenvalue weighted by Gasteiger charge is -2.26. The summed E-state index contributed by atoms with van der Waals surface area (Å²) in [5.74, 6) is 0.948. The normalized spacial score (nSPS) is 16.2. The lowest BCUT2D eigenvalue weighted by atomic mass is 10.2. The fraction of sp³-hybridized carbons (Fsp3) is 0.421. The molecule has 0 bridgehead atoms. The number of hydrogen-bond acceptors (Lipinski definition) is 5. The first-order valence-electron chi connectivity index (χ1n) is 9.20. The van der Waals surface area contributed by atoms with Gasteiger partial charge in [0.1, 0.15) is 23.3 Å². The van der Waals surface area contributed by atoms with E-state index in [0.717, 1.165) is 0 Å². The highest BCUT2D eigenvalue weighted by Crippen LogP contribution is 2.30. The number of amides is 1. The average Bonchev–Trinajstić information content (AvgIpc) is 3.09. The standard InChI is InChI=1S/C19H25N3O5S/c1-4-22(5-2)28(24,25)15-10-16(21(3)12-15)19(23)20-11-14-13-26-17-8-6-7-9-18(17)27-14/h6-10,12,14H,4-5,11,13H2,1-3H3,(H,20,23). The molecule has 0 fully saturated rings. The summed E-state index contributed by atoms with van der Waals surface area (Å²) in [5, 5.41) is 2.79. The zero-order valence-electron chi connectivity index (χ0n) is 16.2. The molecule has 1 aliphatic rings. The molecule has 0 saturated carbocycles. The second-order valence-electron chi connectivity index (χ2n) is 6.47. The summed E-state index contributed by atoms with van der Waals surface area (Å²) in [6, 6.07) is 8.75. The molecular formula is C19H25N3O5S. The SMILES string of the molecule is CCN(CC)S(=O)(=O)c1cc(C(=O)NCC2COc3ccccc3O2)n(C)c1. The predicted molar refractivity (Wildman–Crippen MR) is 104 cm³/mol. The van der Waals surface area contributed by atoms with Gasteiger partial charge in [0.2, 0.25) is 10.0 Å². The van der Waals surface area contributed by atoms with Crippen molar-refractivity contribution < 1.29 is 22.7 Å². The van der Waals surface area contributed by atoms with Crippen LogP contribution in [0.4, 0.5) is 0 Å². The van der Waals surface area contributed by atoms with Gasteiger partial charge in [-0.25, -0.2) is 8.42 Å². The fourth-order valence-electron chi connectivity index (χ4n) is 3.07. The van der Waals surface area contributed by atoms with Crippen LogP contribution in [0.1, 0.15) is 24.3 Å². The minimum atomic E-state index is -3.62.